The number of aromatic nitrogens is 2. The standard InChI is InChI=1S/C13H24N2O/c1-10(2)15-9-8-11(14-15)6-7-12(16)13(3,4)5/h8-10,12,16H,6-7H2,1-5H3. The van der Waals surface area contributed by atoms with E-state index in [4.69, 9.17) is 0 Å². The van der Waals surface area contributed by atoms with Gasteiger partial charge in [-0.1, -0.05) is 20.8 Å². The molecule has 0 saturated heterocycles. The highest BCUT2D eigenvalue weighted by Crippen LogP contribution is 2.22. The Balaban J connectivity index is 2.49. The van der Waals surface area contributed by atoms with Crippen LogP contribution < -0.4 is 0 Å². The van der Waals surface area contributed by atoms with Gasteiger partial charge in [-0.2, -0.15) is 5.10 Å². The minimum atomic E-state index is -0.267. The van der Waals surface area contributed by atoms with E-state index >= 15 is 0 Å². The van der Waals surface area contributed by atoms with Crippen molar-refractivity contribution in [2.75, 3.05) is 0 Å². The van der Waals surface area contributed by atoms with Gasteiger partial charge in [-0.25, -0.2) is 0 Å². The molecule has 0 amide bonds. The highest BCUT2D eigenvalue weighted by Gasteiger charge is 2.21. The first-order valence-corrected chi connectivity index (χ1v) is 6.03. The number of hydrogen-bond donors (Lipinski definition) is 1. The Bertz CT molecular complexity index is 323. The molecule has 1 rings (SSSR count). The van der Waals surface area contributed by atoms with Crippen LogP contribution in [-0.2, 0) is 6.42 Å². The number of hydrogen-bond acceptors (Lipinski definition) is 2. The number of rotatable bonds is 4. The lowest BCUT2D eigenvalue weighted by molar-refractivity contribution is 0.0557. The maximum atomic E-state index is 9.93. The molecule has 0 saturated carbocycles. The van der Waals surface area contributed by atoms with Gasteiger partial charge in [0.05, 0.1) is 11.8 Å². The molecular formula is C13H24N2O. The molecule has 0 radical (unpaired) electrons. The molecule has 1 unspecified atom stereocenters. The molecule has 16 heavy (non-hydrogen) atoms. The van der Waals surface area contributed by atoms with E-state index in [-0.39, 0.29) is 11.5 Å². The molecule has 1 atom stereocenters. The van der Waals surface area contributed by atoms with Crippen molar-refractivity contribution in [1.82, 2.24) is 9.78 Å². The quantitative estimate of drug-likeness (QED) is 0.854. The minimum Gasteiger partial charge on any atom is -0.393 e. The molecule has 0 spiro atoms. The second-order valence-corrected chi connectivity index (χ2v) is 5.80. The molecule has 1 aromatic rings. The lowest BCUT2D eigenvalue weighted by Gasteiger charge is -2.25. The van der Waals surface area contributed by atoms with E-state index in [1.807, 2.05) is 16.9 Å². The van der Waals surface area contributed by atoms with Crippen LogP contribution >= 0.6 is 0 Å². The summed E-state index contributed by atoms with van der Waals surface area (Å²) < 4.78 is 1.96. The van der Waals surface area contributed by atoms with E-state index < -0.39 is 0 Å². The maximum absolute atomic E-state index is 9.93. The minimum absolute atomic E-state index is 0.0411. The second kappa shape index (κ2) is 5.00. The molecule has 0 aliphatic carbocycles. The number of aliphatic hydroxyl groups excluding tert-OH is 1. The van der Waals surface area contributed by atoms with Gasteiger partial charge in [0.1, 0.15) is 0 Å². The summed E-state index contributed by atoms with van der Waals surface area (Å²) in [6.07, 6.45) is 3.36. The molecule has 1 aromatic heterocycles. The lowest BCUT2D eigenvalue weighted by Crippen LogP contribution is -2.26. The Hall–Kier alpha value is -0.830. The number of aliphatic hydroxyl groups is 1. The van der Waals surface area contributed by atoms with Crippen LogP contribution in [0.4, 0.5) is 0 Å². The average Bonchev–Trinajstić information content (AvgIpc) is 2.60. The van der Waals surface area contributed by atoms with Crippen LogP contribution in [0.3, 0.4) is 0 Å². The Morgan fingerprint density at radius 1 is 1.38 bits per heavy atom. The summed E-state index contributed by atoms with van der Waals surface area (Å²) in [5.74, 6) is 0. The Kier molecular flexibility index (Phi) is 4.14. The Morgan fingerprint density at radius 3 is 2.44 bits per heavy atom. The van der Waals surface area contributed by atoms with Crippen molar-refractivity contribution in [3.63, 3.8) is 0 Å². The van der Waals surface area contributed by atoms with Crippen LogP contribution in [-0.4, -0.2) is 21.0 Å². The third kappa shape index (κ3) is 3.63. The smallest absolute Gasteiger partial charge is 0.0625 e. The highest BCUT2D eigenvalue weighted by molar-refractivity contribution is 5.00. The SMILES string of the molecule is CC(C)n1ccc(CCC(O)C(C)(C)C)n1. The first-order chi connectivity index (χ1) is 7.30. The fourth-order valence-electron chi connectivity index (χ4n) is 1.52. The Labute approximate surface area is 98.5 Å². The van der Waals surface area contributed by atoms with Crippen molar-refractivity contribution in [1.29, 1.82) is 0 Å². The van der Waals surface area contributed by atoms with Crippen LogP contribution in [0.1, 0.15) is 52.8 Å². The fraction of sp³-hybridized carbons (Fsp3) is 0.769. The first-order valence-electron chi connectivity index (χ1n) is 6.03. The van der Waals surface area contributed by atoms with Crippen molar-refractivity contribution >= 4 is 0 Å². The van der Waals surface area contributed by atoms with Crippen LogP contribution in [0.15, 0.2) is 12.3 Å². The highest BCUT2D eigenvalue weighted by atomic mass is 16.3. The molecule has 1 N–H and O–H groups in total. The van der Waals surface area contributed by atoms with E-state index in [1.54, 1.807) is 0 Å². The zero-order valence-electron chi connectivity index (χ0n) is 11.1. The number of aryl methyl sites for hydroxylation is 1. The van der Waals surface area contributed by atoms with Gasteiger partial charge >= 0.3 is 0 Å². The van der Waals surface area contributed by atoms with Crippen molar-refractivity contribution in [3.05, 3.63) is 18.0 Å². The summed E-state index contributed by atoms with van der Waals surface area (Å²) in [6, 6.07) is 2.44. The van der Waals surface area contributed by atoms with Gasteiger partial charge in [0.15, 0.2) is 0 Å². The third-order valence-corrected chi connectivity index (χ3v) is 2.87. The van der Waals surface area contributed by atoms with E-state index in [2.05, 4.69) is 39.7 Å². The largest absolute Gasteiger partial charge is 0.393 e. The third-order valence-electron chi connectivity index (χ3n) is 2.87. The van der Waals surface area contributed by atoms with Gasteiger partial charge in [0.2, 0.25) is 0 Å². The van der Waals surface area contributed by atoms with Crippen molar-refractivity contribution in [3.8, 4) is 0 Å². The van der Waals surface area contributed by atoms with E-state index in [0.717, 1.165) is 18.5 Å². The van der Waals surface area contributed by atoms with Crippen molar-refractivity contribution < 1.29 is 5.11 Å². The van der Waals surface area contributed by atoms with Crippen LogP contribution in [0, 0.1) is 5.41 Å². The van der Waals surface area contributed by atoms with Gasteiger partial charge < -0.3 is 5.11 Å². The van der Waals surface area contributed by atoms with Gasteiger partial charge in [0.25, 0.3) is 0 Å². The first kappa shape index (κ1) is 13.2. The summed E-state index contributed by atoms with van der Waals surface area (Å²) in [6.45, 7) is 10.4. The topological polar surface area (TPSA) is 38.0 Å². The van der Waals surface area contributed by atoms with Crippen LogP contribution in [0.2, 0.25) is 0 Å². The second-order valence-electron chi connectivity index (χ2n) is 5.80. The normalized spacial score (nSPS) is 14.4. The average molecular weight is 224 g/mol. The van der Waals surface area contributed by atoms with Crippen LogP contribution in [0.5, 0.6) is 0 Å². The molecule has 0 aromatic carbocycles. The molecule has 0 aliphatic heterocycles. The predicted octanol–water partition coefficient (Wildman–Crippen LogP) is 2.80. The van der Waals surface area contributed by atoms with Crippen LogP contribution in [0.25, 0.3) is 0 Å². The monoisotopic (exact) mass is 224 g/mol. The van der Waals surface area contributed by atoms with Gasteiger partial charge in [0, 0.05) is 12.2 Å². The lowest BCUT2D eigenvalue weighted by atomic mass is 9.86. The molecule has 1 heterocycles. The summed E-state index contributed by atoms with van der Waals surface area (Å²) in [7, 11) is 0. The molecule has 3 heteroatoms. The molecule has 0 bridgehead atoms. The molecule has 0 aliphatic rings. The van der Waals surface area contributed by atoms with E-state index in [9.17, 15) is 5.11 Å². The predicted molar refractivity (Wildman–Crippen MR) is 66.4 cm³/mol. The van der Waals surface area contributed by atoms with Gasteiger partial charge in [-0.15, -0.1) is 0 Å². The van der Waals surface area contributed by atoms with Gasteiger partial charge in [-0.3, -0.25) is 4.68 Å². The molecule has 92 valence electrons. The molecule has 0 fully saturated rings. The number of nitrogens with zero attached hydrogens (tertiary/aromatic N) is 2. The summed E-state index contributed by atoms with van der Waals surface area (Å²) in [4.78, 5) is 0. The zero-order valence-corrected chi connectivity index (χ0v) is 11.1. The van der Waals surface area contributed by atoms with Crippen molar-refractivity contribution in [2.45, 2.75) is 59.6 Å². The van der Waals surface area contributed by atoms with Gasteiger partial charge in [-0.05, 0) is 38.2 Å². The molecular weight excluding hydrogens is 200 g/mol. The Morgan fingerprint density at radius 2 is 2.00 bits per heavy atom. The van der Waals surface area contributed by atoms with E-state index in [0.29, 0.717) is 6.04 Å². The summed E-state index contributed by atoms with van der Waals surface area (Å²) in [5.41, 5.74) is 1.03. The summed E-state index contributed by atoms with van der Waals surface area (Å²) >= 11 is 0. The molecule has 3 nitrogen and oxygen atoms in total. The van der Waals surface area contributed by atoms with E-state index in [1.165, 1.54) is 0 Å². The van der Waals surface area contributed by atoms with Crippen molar-refractivity contribution in [2.24, 2.45) is 5.41 Å². The fourth-order valence-corrected chi connectivity index (χ4v) is 1.52. The maximum Gasteiger partial charge on any atom is 0.0625 e. The zero-order chi connectivity index (χ0) is 12.3. The summed E-state index contributed by atoms with van der Waals surface area (Å²) in [5, 5.41) is 14.4.